The van der Waals surface area contributed by atoms with E-state index >= 15 is 0 Å². The van der Waals surface area contributed by atoms with Crippen LogP contribution in [0, 0.1) is 0 Å². The van der Waals surface area contributed by atoms with Crippen molar-refractivity contribution < 1.29 is 13.2 Å². The number of rotatable bonds is 4. The molecule has 1 amide bonds. The lowest BCUT2D eigenvalue weighted by molar-refractivity contribution is -0.134. The third-order valence-electron chi connectivity index (χ3n) is 4.74. The first-order valence-electron chi connectivity index (χ1n) is 8.42. The Morgan fingerprint density at radius 1 is 1.08 bits per heavy atom. The summed E-state index contributed by atoms with van der Waals surface area (Å²) in [6.45, 7) is 1.49. The summed E-state index contributed by atoms with van der Waals surface area (Å²) in [6.07, 6.45) is 0.680. The molecule has 0 radical (unpaired) electrons. The highest BCUT2D eigenvalue weighted by molar-refractivity contribution is 7.86. The summed E-state index contributed by atoms with van der Waals surface area (Å²) in [6, 6.07) is 9.82. The van der Waals surface area contributed by atoms with Gasteiger partial charge in [-0.15, -0.1) is 0 Å². The maximum absolute atomic E-state index is 12.7. The second-order valence-corrected chi connectivity index (χ2v) is 8.70. The first kappa shape index (κ1) is 18.3. The van der Waals surface area contributed by atoms with Crippen molar-refractivity contribution in [3.05, 3.63) is 35.9 Å². The molecule has 138 valence electrons. The Morgan fingerprint density at radius 2 is 1.72 bits per heavy atom. The van der Waals surface area contributed by atoms with Crippen LogP contribution in [0.4, 0.5) is 0 Å². The van der Waals surface area contributed by atoms with Crippen LogP contribution in [-0.4, -0.2) is 74.2 Å². The van der Waals surface area contributed by atoms with Crippen LogP contribution >= 0.6 is 0 Å². The number of nitrogens with zero attached hydrogens (tertiary/aromatic N) is 3. The molecule has 2 N–H and O–H groups in total. The Kier molecular flexibility index (Phi) is 5.40. The summed E-state index contributed by atoms with van der Waals surface area (Å²) in [4.78, 5) is 14.5. The quantitative estimate of drug-likeness (QED) is 0.753. The minimum atomic E-state index is -3.41. The molecular formula is C16H25N5O3S. The topological polar surface area (TPSA) is 85.0 Å². The maximum Gasteiger partial charge on any atom is 0.281 e. The van der Waals surface area contributed by atoms with Gasteiger partial charge in [0.2, 0.25) is 5.91 Å². The summed E-state index contributed by atoms with van der Waals surface area (Å²) >= 11 is 0. The monoisotopic (exact) mass is 367 g/mol. The van der Waals surface area contributed by atoms with Crippen molar-refractivity contribution in [2.45, 2.75) is 18.5 Å². The number of nitrogens with one attached hydrogen (secondary N) is 2. The van der Waals surface area contributed by atoms with E-state index in [9.17, 15) is 13.2 Å². The van der Waals surface area contributed by atoms with Crippen molar-refractivity contribution in [1.82, 2.24) is 24.4 Å². The number of benzene rings is 1. The van der Waals surface area contributed by atoms with Gasteiger partial charge in [0.25, 0.3) is 10.2 Å². The van der Waals surface area contributed by atoms with E-state index in [4.69, 9.17) is 0 Å². The molecule has 2 aliphatic heterocycles. The van der Waals surface area contributed by atoms with Crippen LogP contribution in [0.3, 0.4) is 0 Å². The minimum absolute atomic E-state index is 0.0211. The van der Waals surface area contributed by atoms with Crippen molar-refractivity contribution in [1.29, 1.82) is 0 Å². The lowest BCUT2D eigenvalue weighted by atomic mass is 10.0. The molecule has 2 aliphatic rings. The number of amides is 1. The Bertz CT molecular complexity index is 702. The van der Waals surface area contributed by atoms with Crippen LogP contribution in [0.1, 0.15) is 18.0 Å². The zero-order chi connectivity index (χ0) is 18.0. The molecular weight excluding hydrogens is 342 g/mol. The van der Waals surface area contributed by atoms with Gasteiger partial charge in [0, 0.05) is 46.3 Å². The third kappa shape index (κ3) is 3.85. The standard InChI is InChI=1S/C16H25N5O3S/c1-19(2)25(23,24)21-10-8-20(9-11-21)16(22)15-12-14(17-18-15)13-6-4-3-5-7-13/h3-7,14-15,17-18H,8-12H2,1-2H3. The van der Waals surface area contributed by atoms with E-state index in [0.717, 1.165) is 5.56 Å². The Morgan fingerprint density at radius 3 is 2.32 bits per heavy atom. The van der Waals surface area contributed by atoms with E-state index in [1.807, 2.05) is 30.3 Å². The number of piperazine rings is 1. The Hall–Kier alpha value is -1.52. The largest absolute Gasteiger partial charge is 0.339 e. The van der Waals surface area contributed by atoms with Crippen LogP contribution in [0.15, 0.2) is 30.3 Å². The lowest BCUT2D eigenvalue weighted by Gasteiger charge is -2.36. The fraction of sp³-hybridized carbons (Fsp3) is 0.562. The molecule has 1 aromatic carbocycles. The summed E-state index contributed by atoms with van der Waals surface area (Å²) in [5.41, 5.74) is 7.41. The smallest absolute Gasteiger partial charge is 0.281 e. The molecule has 8 nitrogen and oxygen atoms in total. The van der Waals surface area contributed by atoms with Crippen molar-refractivity contribution in [2.24, 2.45) is 0 Å². The minimum Gasteiger partial charge on any atom is -0.339 e. The maximum atomic E-state index is 12.7. The molecule has 2 fully saturated rings. The number of carbonyl (C=O) groups is 1. The van der Waals surface area contributed by atoms with Gasteiger partial charge in [0.15, 0.2) is 0 Å². The molecule has 2 atom stereocenters. The molecule has 2 saturated heterocycles. The normalized spacial score (nSPS) is 25.5. The van der Waals surface area contributed by atoms with Gasteiger partial charge in [0.05, 0.1) is 0 Å². The van der Waals surface area contributed by atoms with E-state index in [1.54, 1.807) is 4.90 Å². The molecule has 0 spiro atoms. The van der Waals surface area contributed by atoms with E-state index in [2.05, 4.69) is 10.9 Å². The van der Waals surface area contributed by atoms with Crippen LogP contribution in [0.25, 0.3) is 0 Å². The second kappa shape index (κ2) is 7.38. The highest BCUT2D eigenvalue weighted by atomic mass is 32.2. The van der Waals surface area contributed by atoms with Gasteiger partial charge < -0.3 is 4.90 Å². The predicted octanol–water partition coefficient (Wildman–Crippen LogP) is -0.455. The number of hydrogen-bond donors (Lipinski definition) is 2. The molecule has 2 heterocycles. The summed E-state index contributed by atoms with van der Waals surface area (Å²) < 4.78 is 26.9. The van der Waals surface area contributed by atoms with E-state index < -0.39 is 10.2 Å². The highest BCUT2D eigenvalue weighted by Crippen LogP contribution is 2.23. The molecule has 0 bridgehead atoms. The average molecular weight is 367 g/mol. The fourth-order valence-electron chi connectivity index (χ4n) is 3.21. The number of hydrogen-bond acceptors (Lipinski definition) is 5. The van der Waals surface area contributed by atoms with Crippen LogP contribution in [-0.2, 0) is 15.0 Å². The second-order valence-electron chi connectivity index (χ2n) is 6.55. The Balaban J connectivity index is 1.55. The molecule has 0 aliphatic carbocycles. The molecule has 9 heteroatoms. The molecule has 3 rings (SSSR count). The first-order chi connectivity index (χ1) is 11.9. The highest BCUT2D eigenvalue weighted by Gasteiger charge is 2.36. The molecule has 0 saturated carbocycles. The van der Waals surface area contributed by atoms with Gasteiger partial charge in [-0.2, -0.15) is 17.0 Å². The van der Waals surface area contributed by atoms with Crippen molar-refractivity contribution in [3.63, 3.8) is 0 Å². The predicted molar refractivity (Wildman–Crippen MR) is 94.6 cm³/mol. The summed E-state index contributed by atoms with van der Waals surface area (Å²) in [5, 5.41) is 0. The van der Waals surface area contributed by atoms with Gasteiger partial charge in [-0.05, 0) is 12.0 Å². The molecule has 25 heavy (non-hydrogen) atoms. The van der Waals surface area contributed by atoms with Crippen LogP contribution < -0.4 is 10.9 Å². The fourth-order valence-corrected chi connectivity index (χ4v) is 4.30. The van der Waals surface area contributed by atoms with Crippen LogP contribution in [0.2, 0.25) is 0 Å². The molecule has 0 aromatic heterocycles. The van der Waals surface area contributed by atoms with Gasteiger partial charge in [0.1, 0.15) is 6.04 Å². The third-order valence-corrected chi connectivity index (χ3v) is 6.68. The summed E-state index contributed by atoms with van der Waals surface area (Å²) in [5.74, 6) is 0.0211. The van der Waals surface area contributed by atoms with E-state index in [0.29, 0.717) is 32.6 Å². The van der Waals surface area contributed by atoms with Crippen molar-refractivity contribution in [2.75, 3.05) is 40.3 Å². The lowest BCUT2D eigenvalue weighted by Crippen LogP contribution is -2.56. The molecule has 1 aromatic rings. The number of carbonyl (C=O) groups excluding carboxylic acids is 1. The SMILES string of the molecule is CN(C)S(=O)(=O)N1CCN(C(=O)C2CC(c3ccccc3)NN2)CC1. The Labute approximate surface area is 148 Å². The zero-order valence-electron chi connectivity index (χ0n) is 14.6. The zero-order valence-corrected chi connectivity index (χ0v) is 15.4. The van der Waals surface area contributed by atoms with Gasteiger partial charge >= 0.3 is 0 Å². The van der Waals surface area contributed by atoms with Gasteiger partial charge in [-0.3, -0.25) is 4.79 Å². The van der Waals surface area contributed by atoms with Crippen molar-refractivity contribution >= 4 is 16.1 Å². The van der Waals surface area contributed by atoms with E-state index in [-0.39, 0.29) is 18.0 Å². The van der Waals surface area contributed by atoms with Gasteiger partial charge in [-0.1, -0.05) is 30.3 Å². The van der Waals surface area contributed by atoms with Crippen LogP contribution in [0.5, 0.6) is 0 Å². The van der Waals surface area contributed by atoms with E-state index in [1.165, 1.54) is 22.7 Å². The summed E-state index contributed by atoms with van der Waals surface area (Å²) in [7, 11) is -0.375. The molecule has 2 unspecified atom stereocenters. The first-order valence-corrected chi connectivity index (χ1v) is 9.81. The van der Waals surface area contributed by atoms with Gasteiger partial charge in [-0.25, -0.2) is 10.9 Å². The van der Waals surface area contributed by atoms with Crippen molar-refractivity contribution in [3.8, 4) is 0 Å². The average Bonchev–Trinajstić information content (AvgIpc) is 3.12. The number of hydrazine groups is 1.